The monoisotopic (exact) mass is 198 g/mol. The molecule has 2 aromatic carbocycles. The Morgan fingerprint density at radius 3 is 2.53 bits per heavy atom. The lowest BCUT2D eigenvalue weighted by molar-refractivity contribution is 0.388. The SMILES string of the molecule is OB(O)C1Cc2cccc3cccc1c23. The van der Waals surface area contributed by atoms with E-state index in [0.717, 1.165) is 12.0 Å². The van der Waals surface area contributed by atoms with Crippen molar-refractivity contribution in [1.29, 1.82) is 0 Å². The largest absolute Gasteiger partial charge is 0.459 e. The third-order valence-electron chi connectivity index (χ3n) is 3.22. The van der Waals surface area contributed by atoms with Crippen LogP contribution in [0.3, 0.4) is 0 Å². The maximum atomic E-state index is 9.33. The highest BCUT2D eigenvalue weighted by molar-refractivity contribution is 6.44. The minimum absolute atomic E-state index is 0.161. The standard InChI is InChI=1S/C12H11BO2/c14-13(15)11-7-9-5-1-3-8-4-2-6-10(11)12(8)9/h1-6,11,14-15H,7H2. The Bertz CT molecular complexity index is 517. The first-order valence-corrected chi connectivity index (χ1v) is 5.14. The van der Waals surface area contributed by atoms with Gasteiger partial charge >= 0.3 is 7.12 Å². The summed E-state index contributed by atoms with van der Waals surface area (Å²) < 4.78 is 0. The van der Waals surface area contributed by atoms with Crippen LogP contribution >= 0.6 is 0 Å². The van der Waals surface area contributed by atoms with Gasteiger partial charge < -0.3 is 10.0 Å². The minimum Gasteiger partial charge on any atom is -0.427 e. The van der Waals surface area contributed by atoms with Crippen molar-refractivity contribution >= 4 is 17.9 Å². The second-order valence-corrected chi connectivity index (χ2v) is 4.09. The van der Waals surface area contributed by atoms with E-state index in [4.69, 9.17) is 0 Å². The summed E-state index contributed by atoms with van der Waals surface area (Å²) in [6.45, 7) is 0. The van der Waals surface area contributed by atoms with E-state index in [9.17, 15) is 10.0 Å². The molecule has 0 bridgehead atoms. The maximum absolute atomic E-state index is 9.33. The van der Waals surface area contributed by atoms with Gasteiger partial charge in [0.05, 0.1) is 0 Å². The van der Waals surface area contributed by atoms with Crippen molar-refractivity contribution in [3.05, 3.63) is 47.5 Å². The molecule has 0 saturated heterocycles. The van der Waals surface area contributed by atoms with Crippen LogP contribution < -0.4 is 0 Å². The van der Waals surface area contributed by atoms with Gasteiger partial charge in [0.1, 0.15) is 0 Å². The van der Waals surface area contributed by atoms with Crippen molar-refractivity contribution in [3.8, 4) is 0 Å². The molecule has 2 nitrogen and oxygen atoms in total. The first-order valence-electron chi connectivity index (χ1n) is 5.14. The Morgan fingerprint density at radius 2 is 1.80 bits per heavy atom. The molecule has 1 aliphatic carbocycles. The predicted octanol–water partition coefficient (Wildman–Crippen LogP) is 1.49. The molecule has 1 atom stereocenters. The zero-order valence-electron chi connectivity index (χ0n) is 8.22. The lowest BCUT2D eigenvalue weighted by Gasteiger charge is -2.08. The van der Waals surface area contributed by atoms with Crippen molar-refractivity contribution < 1.29 is 10.0 Å². The van der Waals surface area contributed by atoms with Crippen LogP contribution in [-0.4, -0.2) is 17.2 Å². The lowest BCUT2D eigenvalue weighted by atomic mass is 9.69. The van der Waals surface area contributed by atoms with Gasteiger partial charge in [0.15, 0.2) is 0 Å². The summed E-state index contributed by atoms with van der Waals surface area (Å²) in [6.07, 6.45) is 0.731. The molecule has 0 heterocycles. The molecule has 2 aromatic rings. The average Bonchev–Trinajstić information content (AvgIpc) is 2.61. The van der Waals surface area contributed by atoms with Gasteiger partial charge in [-0.15, -0.1) is 0 Å². The quantitative estimate of drug-likeness (QED) is 0.681. The molecule has 3 rings (SSSR count). The van der Waals surface area contributed by atoms with Crippen LogP contribution in [0.2, 0.25) is 0 Å². The van der Waals surface area contributed by atoms with E-state index in [1.165, 1.54) is 16.3 Å². The fraction of sp³-hybridized carbons (Fsp3) is 0.167. The Hall–Kier alpha value is -1.32. The molecular weight excluding hydrogens is 187 g/mol. The third-order valence-corrected chi connectivity index (χ3v) is 3.22. The summed E-state index contributed by atoms with van der Waals surface area (Å²) in [5.41, 5.74) is 2.29. The molecule has 1 aliphatic rings. The van der Waals surface area contributed by atoms with E-state index in [1.54, 1.807) is 0 Å². The van der Waals surface area contributed by atoms with Crippen LogP contribution in [0.15, 0.2) is 36.4 Å². The van der Waals surface area contributed by atoms with Gasteiger partial charge in [-0.2, -0.15) is 0 Å². The van der Waals surface area contributed by atoms with E-state index >= 15 is 0 Å². The van der Waals surface area contributed by atoms with Crippen molar-refractivity contribution in [2.45, 2.75) is 12.2 Å². The number of hydrogen-bond acceptors (Lipinski definition) is 2. The highest BCUT2D eigenvalue weighted by Crippen LogP contribution is 2.38. The molecule has 0 spiro atoms. The number of benzene rings is 2. The Kier molecular flexibility index (Phi) is 1.84. The Balaban J connectivity index is 2.31. The molecule has 15 heavy (non-hydrogen) atoms. The van der Waals surface area contributed by atoms with Crippen LogP contribution in [0.1, 0.15) is 16.9 Å². The summed E-state index contributed by atoms with van der Waals surface area (Å²) >= 11 is 0. The summed E-state index contributed by atoms with van der Waals surface area (Å²) in [5, 5.41) is 21.1. The molecule has 0 fully saturated rings. The second kappa shape index (κ2) is 3.09. The molecule has 0 saturated carbocycles. The highest BCUT2D eigenvalue weighted by atomic mass is 16.4. The predicted molar refractivity (Wildman–Crippen MR) is 60.6 cm³/mol. The molecule has 0 aromatic heterocycles. The summed E-state index contributed by atoms with van der Waals surface area (Å²) in [6, 6.07) is 12.2. The van der Waals surface area contributed by atoms with Crippen molar-refractivity contribution in [2.75, 3.05) is 0 Å². The molecule has 1 unspecified atom stereocenters. The fourth-order valence-electron chi connectivity index (χ4n) is 2.54. The molecular formula is C12H11BO2. The zero-order valence-corrected chi connectivity index (χ0v) is 8.22. The first-order chi connectivity index (χ1) is 7.27. The van der Waals surface area contributed by atoms with Crippen LogP contribution in [0.5, 0.6) is 0 Å². The molecule has 3 heteroatoms. The Labute approximate surface area is 88.3 Å². The van der Waals surface area contributed by atoms with Crippen LogP contribution in [0.25, 0.3) is 10.8 Å². The van der Waals surface area contributed by atoms with Crippen molar-refractivity contribution in [3.63, 3.8) is 0 Å². The minimum atomic E-state index is -1.26. The van der Waals surface area contributed by atoms with Gasteiger partial charge in [-0.05, 0) is 28.3 Å². The van der Waals surface area contributed by atoms with Gasteiger partial charge in [0, 0.05) is 5.82 Å². The topological polar surface area (TPSA) is 40.5 Å². The number of hydrogen-bond donors (Lipinski definition) is 2. The molecule has 0 radical (unpaired) electrons. The van der Waals surface area contributed by atoms with Crippen LogP contribution in [0.4, 0.5) is 0 Å². The van der Waals surface area contributed by atoms with E-state index in [0.29, 0.717) is 0 Å². The van der Waals surface area contributed by atoms with Crippen molar-refractivity contribution in [1.82, 2.24) is 0 Å². The van der Waals surface area contributed by atoms with Gasteiger partial charge in [-0.3, -0.25) is 0 Å². The maximum Gasteiger partial charge on any atom is 0.459 e. The smallest absolute Gasteiger partial charge is 0.427 e. The van der Waals surface area contributed by atoms with Crippen LogP contribution in [0, 0.1) is 0 Å². The van der Waals surface area contributed by atoms with E-state index in [1.807, 2.05) is 18.2 Å². The summed E-state index contributed by atoms with van der Waals surface area (Å²) in [4.78, 5) is 0. The second-order valence-electron chi connectivity index (χ2n) is 4.09. The molecule has 0 aliphatic heterocycles. The van der Waals surface area contributed by atoms with E-state index < -0.39 is 7.12 Å². The normalized spacial score (nSPS) is 18.4. The number of rotatable bonds is 1. The van der Waals surface area contributed by atoms with E-state index in [-0.39, 0.29) is 5.82 Å². The lowest BCUT2D eigenvalue weighted by Crippen LogP contribution is -2.22. The zero-order chi connectivity index (χ0) is 10.4. The van der Waals surface area contributed by atoms with Gasteiger partial charge in [0.25, 0.3) is 0 Å². The van der Waals surface area contributed by atoms with Crippen molar-refractivity contribution in [2.24, 2.45) is 0 Å². The first kappa shape index (κ1) is 8.95. The van der Waals surface area contributed by atoms with Gasteiger partial charge in [0.2, 0.25) is 0 Å². The van der Waals surface area contributed by atoms with Gasteiger partial charge in [-0.1, -0.05) is 36.4 Å². The van der Waals surface area contributed by atoms with E-state index in [2.05, 4.69) is 18.2 Å². The molecule has 74 valence electrons. The Morgan fingerprint density at radius 1 is 1.07 bits per heavy atom. The fourth-order valence-corrected chi connectivity index (χ4v) is 2.54. The third kappa shape index (κ3) is 1.20. The van der Waals surface area contributed by atoms with Gasteiger partial charge in [-0.25, -0.2) is 0 Å². The average molecular weight is 198 g/mol. The highest BCUT2D eigenvalue weighted by Gasteiger charge is 2.32. The summed E-state index contributed by atoms with van der Waals surface area (Å²) in [5.74, 6) is -0.161. The summed E-state index contributed by atoms with van der Waals surface area (Å²) in [7, 11) is -1.26. The molecule has 2 N–H and O–H groups in total. The van der Waals surface area contributed by atoms with Crippen LogP contribution in [-0.2, 0) is 6.42 Å². The molecule has 0 amide bonds.